The van der Waals surface area contributed by atoms with Crippen LogP contribution in [0.2, 0.25) is 0 Å². The van der Waals surface area contributed by atoms with E-state index in [0.717, 1.165) is 10.0 Å². The van der Waals surface area contributed by atoms with Gasteiger partial charge in [-0.1, -0.05) is 28.1 Å². The minimum absolute atomic E-state index is 0.292. The highest BCUT2D eigenvalue weighted by molar-refractivity contribution is 9.10. The molecule has 21 heavy (non-hydrogen) atoms. The van der Waals surface area contributed by atoms with Crippen LogP contribution in [0.25, 0.3) is 0 Å². The van der Waals surface area contributed by atoms with Gasteiger partial charge in [0.25, 0.3) is 0 Å². The van der Waals surface area contributed by atoms with Crippen LogP contribution in [0.1, 0.15) is 5.56 Å². The summed E-state index contributed by atoms with van der Waals surface area (Å²) in [5, 5.41) is 9.30. The van der Waals surface area contributed by atoms with Crippen molar-refractivity contribution in [1.29, 1.82) is 0 Å². The molecule has 4 nitrogen and oxygen atoms in total. The maximum Gasteiger partial charge on any atom is 0.345 e. The van der Waals surface area contributed by atoms with Gasteiger partial charge >= 0.3 is 5.97 Å². The highest BCUT2D eigenvalue weighted by Gasteiger charge is 2.20. The minimum atomic E-state index is -0.995. The number of hydrogen-bond donors (Lipinski definition) is 1. The summed E-state index contributed by atoms with van der Waals surface area (Å²) >= 11 is 3.37. The van der Waals surface area contributed by atoms with E-state index in [-0.39, 0.29) is 0 Å². The Morgan fingerprint density at radius 2 is 1.86 bits per heavy atom. The Morgan fingerprint density at radius 3 is 2.43 bits per heavy atom. The van der Waals surface area contributed by atoms with Crippen LogP contribution in [0.15, 0.2) is 53.0 Å². The van der Waals surface area contributed by atoms with Gasteiger partial charge in [0.05, 0.1) is 7.11 Å². The van der Waals surface area contributed by atoms with Gasteiger partial charge in [0, 0.05) is 10.9 Å². The molecule has 0 unspecified atom stereocenters. The monoisotopic (exact) mass is 350 g/mol. The lowest BCUT2D eigenvalue weighted by Gasteiger charge is -2.15. The van der Waals surface area contributed by atoms with Crippen molar-refractivity contribution in [2.75, 3.05) is 7.11 Å². The zero-order valence-corrected chi connectivity index (χ0v) is 13.0. The van der Waals surface area contributed by atoms with Crippen molar-refractivity contribution < 1.29 is 19.4 Å². The number of benzene rings is 2. The van der Waals surface area contributed by atoms with E-state index in [1.807, 2.05) is 24.3 Å². The fraction of sp³-hybridized carbons (Fsp3) is 0.188. The van der Waals surface area contributed by atoms with Crippen molar-refractivity contribution in [2.24, 2.45) is 0 Å². The Balaban J connectivity index is 2.10. The average Bonchev–Trinajstić information content (AvgIpc) is 2.47. The number of carboxylic acid groups (broad SMARTS) is 1. The second-order valence-electron chi connectivity index (χ2n) is 4.45. The number of carboxylic acids is 1. The average molecular weight is 351 g/mol. The first-order valence-corrected chi connectivity index (χ1v) is 7.16. The van der Waals surface area contributed by atoms with Crippen molar-refractivity contribution in [1.82, 2.24) is 0 Å². The van der Waals surface area contributed by atoms with Crippen LogP contribution in [0.4, 0.5) is 0 Å². The van der Waals surface area contributed by atoms with E-state index >= 15 is 0 Å². The molecule has 5 heteroatoms. The van der Waals surface area contributed by atoms with Gasteiger partial charge in [-0.15, -0.1) is 0 Å². The Labute approximate surface area is 131 Å². The van der Waals surface area contributed by atoms with Crippen LogP contribution in [0, 0.1) is 0 Å². The van der Waals surface area contributed by atoms with E-state index in [2.05, 4.69) is 15.9 Å². The highest BCUT2D eigenvalue weighted by atomic mass is 79.9. The molecule has 0 bridgehead atoms. The zero-order valence-electron chi connectivity index (χ0n) is 11.5. The van der Waals surface area contributed by atoms with Gasteiger partial charge in [-0.05, 0) is 42.0 Å². The molecule has 0 spiro atoms. The Kier molecular flexibility index (Phi) is 5.22. The summed E-state index contributed by atoms with van der Waals surface area (Å²) in [5.41, 5.74) is 0.894. The van der Waals surface area contributed by atoms with Crippen LogP contribution >= 0.6 is 15.9 Å². The molecule has 0 radical (unpaired) electrons. The topological polar surface area (TPSA) is 55.8 Å². The van der Waals surface area contributed by atoms with Crippen LogP contribution in [0.5, 0.6) is 11.5 Å². The summed E-state index contributed by atoms with van der Waals surface area (Å²) in [6.45, 7) is 0. The SMILES string of the molecule is COc1ccc(O[C@@H](Cc2cccc(Br)c2)C(=O)O)cc1. The molecule has 2 aromatic rings. The van der Waals surface area contributed by atoms with Crippen molar-refractivity contribution in [3.8, 4) is 11.5 Å². The van der Waals surface area contributed by atoms with Crippen molar-refractivity contribution >= 4 is 21.9 Å². The van der Waals surface area contributed by atoms with Crippen molar-refractivity contribution in [3.05, 3.63) is 58.6 Å². The molecule has 2 rings (SSSR count). The molecule has 0 aromatic heterocycles. The summed E-state index contributed by atoms with van der Waals surface area (Å²) in [6, 6.07) is 14.4. The first kappa shape index (κ1) is 15.4. The largest absolute Gasteiger partial charge is 0.497 e. The fourth-order valence-electron chi connectivity index (χ4n) is 1.88. The number of hydrogen-bond acceptors (Lipinski definition) is 3. The Bertz CT molecular complexity index is 610. The molecule has 0 amide bonds. The van der Waals surface area contributed by atoms with Gasteiger partial charge in [-0.3, -0.25) is 0 Å². The quantitative estimate of drug-likeness (QED) is 0.865. The third-order valence-corrected chi connectivity index (χ3v) is 3.42. The van der Waals surface area contributed by atoms with Gasteiger partial charge in [-0.25, -0.2) is 4.79 Å². The maximum atomic E-state index is 11.4. The molecular weight excluding hydrogens is 336 g/mol. The number of ether oxygens (including phenoxy) is 2. The summed E-state index contributed by atoms with van der Waals surface area (Å²) in [7, 11) is 1.57. The number of aliphatic carboxylic acids is 1. The molecule has 0 heterocycles. The smallest absolute Gasteiger partial charge is 0.345 e. The lowest BCUT2D eigenvalue weighted by molar-refractivity contribution is -0.145. The predicted molar refractivity (Wildman–Crippen MR) is 82.9 cm³/mol. The second-order valence-corrected chi connectivity index (χ2v) is 5.37. The van der Waals surface area contributed by atoms with E-state index in [1.54, 1.807) is 31.4 Å². The normalized spacial score (nSPS) is 11.7. The van der Waals surface area contributed by atoms with Crippen molar-refractivity contribution in [2.45, 2.75) is 12.5 Å². The van der Waals surface area contributed by atoms with Gasteiger partial charge in [0.15, 0.2) is 6.10 Å². The molecule has 0 fully saturated rings. The summed E-state index contributed by atoms with van der Waals surface area (Å²) in [5.74, 6) is 0.199. The van der Waals surface area contributed by atoms with Crippen LogP contribution in [-0.4, -0.2) is 24.3 Å². The summed E-state index contributed by atoms with van der Waals surface area (Å²) in [4.78, 5) is 11.4. The van der Waals surface area contributed by atoms with E-state index in [1.165, 1.54) is 0 Å². The number of halogens is 1. The zero-order chi connectivity index (χ0) is 15.2. The molecule has 0 saturated heterocycles. The molecular formula is C16H15BrO4. The third kappa shape index (κ3) is 4.49. The maximum absolute atomic E-state index is 11.4. The van der Waals surface area contributed by atoms with Gasteiger partial charge in [-0.2, -0.15) is 0 Å². The Morgan fingerprint density at radius 1 is 1.19 bits per heavy atom. The third-order valence-electron chi connectivity index (χ3n) is 2.92. The lowest BCUT2D eigenvalue weighted by Crippen LogP contribution is -2.29. The first-order valence-electron chi connectivity index (χ1n) is 6.36. The molecule has 110 valence electrons. The molecule has 0 aliphatic carbocycles. The fourth-order valence-corrected chi connectivity index (χ4v) is 2.32. The molecule has 0 aliphatic rings. The van der Waals surface area contributed by atoms with Gasteiger partial charge in [0.2, 0.25) is 0 Å². The highest BCUT2D eigenvalue weighted by Crippen LogP contribution is 2.20. The van der Waals surface area contributed by atoms with E-state index < -0.39 is 12.1 Å². The molecule has 1 N–H and O–H groups in total. The summed E-state index contributed by atoms with van der Waals surface area (Å²) in [6.07, 6.45) is -0.645. The molecule has 0 saturated carbocycles. The first-order chi connectivity index (χ1) is 10.1. The van der Waals surface area contributed by atoms with Crippen molar-refractivity contribution in [3.63, 3.8) is 0 Å². The van der Waals surface area contributed by atoms with E-state index in [9.17, 15) is 9.90 Å². The number of rotatable bonds is 6. The second kappa shape index (κ2) is 7.13. The van der Waals surface area contributed by atoms with Crippen LogP contribution in [-0.2, 0) is 11.2 Å². The Hall–Kier alpha value is -2.01. The lowest BCUT2D eigenvalue weighted by atomic mass is 10.1. The molecule has 2 aromatic carbocycles. The molecule has 0 aliphatic heterocycles. The van der Waals surface area contributed by atoms with Gasteiger partial charge < -0.3 is 14.6 Å². The minimum Gasteiger partial charge on any atom is -0.497 e. The standard InChI is InChI=1S/C16H15BrO4/c1-20-13-5-7-14(8-6-13)21-15(16(18)19)10-11-3-2-4-12(17)9-11/h2-9,15H,10H2,1H3,(H,18,19)/t15-/m0/s1. The van der Waals surface area contributed by atoms with E-state index in [0.29, 0.717) is 17.9 Å². The van der Waals surface area contributed by atoms with E-state index in [4.69, 9.17) is 9.47 Å². The van der Waals surface area contributed by atoms with Crippen LogP contribution in [0.3, 0.4) is 0 Å². The van der Waals surface area contributed by atoms with Gasteiger partial charge in [0.1, 0.15) is 11.5 Å². The van der Waals surface area contributed by atoms with Crippen LogP contribution < -0.4 is 9.47 Å². The number of methoxy groups -OCH3 is 1. The summed E-state index contributed by atoms with van der Waals surface area (Å²) < 4.78 is 11.5. The number of carbonyl (C=O) groups is 1. The predicted octanol–water partition coefficient (Wildman–Crippen LogP) is 3.53. The molecule has 1 atom stereocenters.